The third-order valence-corrected chi connectivity index (χ3v) is 7.12. The molecule has 0 bridgehead atoms. The summed E-state index contributed by atoms with van der Waals surface area (Å²) in [5.41, 5.74) is 0.197. The molecule has 13 heteroatoms. The molecule has 1 fully saturated rings. The lowest BCUT2D eigenvalue weighted by molar-refractivity contribution is -0.116. The summed E-state index contributed by atoms with van der Waals surface area (Å²) in [4.78, 5) is 29.7. The van der Waals surface area contributed by atoms with Crippen molar-refractivity contribution in [1.82, 2.24) is 23.6 Å². The van der Waals surface area contributed by atoms with Crippen molar-refractivity contribution >= 4 is 32.7 Å². The van der Waals surface area contributed by atoms with Crippen molar-refractivity contribution in [2.75, 3.05) is 31.6 Å². The van der Waals surface area contributed by atoms with Gasteiger partial charge in [0.1, 0.15) is 24.0 Å². The fraction of sp³-hybridized carbons (Fsp3) is 0.429. The molecule has 3 heterocycles. The normalized spacial score (nSPS) is 15.1. The molecule has 1 aromatic carbocycles. The molecular formula is C21H26N6O6S. The van der Waals surface area contributed by atoms with Crippen molar-refractivity contribution in [1.29, 1.82) is 0 Å². The van der Waals surface area contributed by atoms with Crippen molar-refractivity contribution in [2.45, 2.75) is 31.4 Å². The summed E-state index contributed by atoms with van der Waals surface area (Å²) < 4.78 is 41.1. The van der Waals surface area contributed by atoms with Crippen LogP contribution >= 0.6 is 0 Å². The van der Waals surface area contributed by atoms with Gasteiger partial charge < -0.3 is 14.8 Å². The van der Waals surface area contributed by atoms with Gasteiger partial charge in [0.2, 0.25) is 15.9 Å². The van der Waals surface area contributed by atoms with Crippen LogP contribution in [0.25, 0.3) is 11.0 Å². The first-order valence-electron chi connectivity index (χ1n) is 10.7. The Bertz CT molecular complexity index is 1370. The van der Waals surface area contributed by atoms with Crippen LogP contribution in [0.2, 0.25) is 0 Å². The third-order valence-electron chi connectivity index (χ3n) is 5.23. The number of anilines is 1. The monoisotopic (exact) mass is 490 g/mol. The highest BCUT2D eigenvalue weighted by Gasteiger charge is 2.27. The van der Waals surface area contributed by atoms with E-state index in [0.717, 1.165) is 4.57 Å². The van der Waals surface area contributed by atoms with Gasteiger partial charge >= 0.3 is 0 Å². The average Bonchev–Trinajstić information content (AvgIpc) is 3.18. The first-order chi connectivity index (χ1) is 16.2. The van der Waals surface area contributed by atoms with Gasteiger partial charge in [-0.3, -0.25) is 18.8 Å². The third kappa shape index (κ3) is 4.81. The Morgan fingerprint density at radius 2 is 2.00 bits per heavy atom. The lowest BCUT2D eigenvalue weighted by Crippen LogP contribution is -2.40. The molecule has 0 aliphatic carbocycles. The number of nitrogens with one attached hydrogen (secondary N) is 1. The minimum atomic E-state index is -3.78. The number of carbonyl (C=O) groups excluding carboxylic acids is 1. The van der Waals surface area contributed by atoms with Gasteiger partial charge in [0.25, 0.3) is 5.56 Å². The predicted molar refractivity (Wildman–Crippen MR) is 123 cm³/mol. The standard InChI is InChI=1S/C21H26N6O6S/c1-14(2)33-18-5-4-15(34(30,31)27-6-8-32-9-7-27)10-17(18)24-19(28)12-26-13-22-20-16(21(26)29)11-23-25(20)3/h4-5,10-11,13-14H,6-9,12H2,1-3H3,(H,24,28). The van der Waals surface area contributed by atoms with Crippen LogP contribution in [0, 0.1) is 0 Å². The fourth-order valence-corrected chi connectivity index (χ4v) is 5.02. The molecule has 1 aliphatic heterocycles. The first kappa shape index (κ1) is 23.9. The number of sulfonamides is 1. The van der Waals surface area contributed by atoms with Crippen molar-refractivity contribution in [3.05, 3.63) is 41.1 Å². The SMILES string of the molecule is CC(C)Oc1ccc(S(=O)(=O)N2CCOCC2)cc1NC(=O)Cn1cnc2c(cnn2C)c1=O. The summed E-state index contributed by atoms with van der Waals surface area (Å²) in [5, 5.41) is 6.98. The lowest BCUT2D eigenvalue weighted by Gasteiger charge is -2.26. The van der Waals surface area contributed by atoms with E-state index in [1.807, 2.05) is 13.8 Å². The molecule has 12 nitrogen and oxygen atoms in total. The van der Waals surface area contributed by atoms with E-state index in [9.17, 15) is 18.0 Å². The molecular weight excluding hydrogens is 464 g/mol. The van der Waals surface area contributed by atoms with Gasteiger partial charge in [-0.15, -0.1) is 0 Å². The summed E-state index contributed by atoms with van der Waals surface area (Å²) in [7, 11) is -2.11. The zero-order chi connectivity index (χ0) is 24.5. The molecule has 1 N–H and O–H groups in total. The molecule has 0 radical (unpaired) electrons. The number of rotatable bonds is 7. The smallest absolute Gasteiger partial charge is 0.264 e. The van der Waals surface area contributed by atoms with Gasteiger partial charge in [-0.2, -0.15) is 9.40 Å². The van der Waals surface area contributed by atoms with Gasteiger partial charge in [-0.1, -0.05) is 0 Å². The Kier molecular flexibility index (Phi) is 6.68. The van der Waals surface area contributed by atoms with Crippen LogP contribution in [0.3, 0.4) is 0 Å². The number of aromatic nitrogens is 4. The molecule has 182 valence electrons. The van der Waals surface area contributed by atoms with Crippen LogP contribution < -0.4 is 15.6 Å². The Morgan fingerprint density at radius 1 is 1.26 bits per heavy atom. The highest BCUT2D eigenvalue weighted by molar-refractivity contribution is 7.89. The Hall–Kier alpha value is -3.29. The molecule has 1 amide bonds. The maximum Gasteiger partial charge on any atom is 0.264 e. The molecule has 1 aliphatic rings. The van der Waals surface area contributed by atoms with Crippen LogP contribution in [0.5, 0.6) is 5.75 Å². The number of carbonyl (C=O) groups is 1. The molecule has 0 unspecified atom stereocenters. The molecule has 3 aromatic rings. The molecule has 0 saturated carbocycles. The molecule has 0 atom stereocenters. The highest BCUT2D eigenvalue weighted by atomic mass is 32.2. The van der Waals surface area contributed by atoms with Gasteiger partial charge in [0.15, 0.2) is 5.65 Å². The number of nitrogens with zero attached hydrogens (tertiary/aromatic N) is 5. The van der Waals surface area contributed by atoms with Crippen molar-refractivity contribution < 1.29 is 22.7 Å². The molecule has 4 rings (SSSR count). The Morgan fingerprint density at radius 3 is 2.71 bits per heavy atom. The van der Waals surface area contributed by atoms with Crippen LogP contribution in [0.15, 0.2) is 40.4 Å². The number of benzene rings is 1. The Balaban J connectivity index is 1.61. The van der Waals surface area contributed by atoms with Crippen LogP contribution in [-0.2, 0) is 33.1 Å². The number of aryl methyl sites for hydroxylation is 1. The van der Waals surface area contributed by atoms with Gasteiger partial charge in [0.05, 0.1) is 36.1 Å². The van der Waals surface area contributed by atoms with E-state index in [-0.39, 0.29) is 36.3 Å². The van der Waals surface area contributed by atoms with Gasteiger partial charge in [-0.05, 0) is 32.0 Å². The number of amides is 1. The second-order valence-corrected chi connectivity index (χ2v) is 10.0. The van der Waals surface area contributed by atoms with Gasteiger partial charge in [0, 0.05) is 20.1 Å². The van der Waals surface area contributed by atoms with E-state index in [1.165, 1.54) is 39.7 Å². The molecule has 1 saturated heterocycles. The van der Waals surface area contributed by atoms with E-state index < -0.39 is 21.5 Å². The van der Waals surface area contributed by atoms with Crippen molar-refractivity contribution in [2.24, 2.45) is 7.05 Å². The van der Waals surface area contributed by atoms with E-state index in [0.29, 0.717) is 30.0 Å². The maximum absolute atomic E-state index is 13.1. The number of ether oxygens (including phenoxy) is 2. The number of hydrogen-bond acceptors (Lipinski definition) is 8. The summed E-state index contributed by atoms with van der Waals surface area (Å²) in [6, 6.07) is 4.33. The lowest BCUT2D eigenvalue weighted by atomic mass is 10.2. The van der Waals surface area contributed by atoms with Crippen LogP contribution in [0.4, 0.5) is 5.69 Å². The second kappa shape index (κ2) is 9.52. The fourth-order valence-electron chi connectivity index (χ4n) is 3.58. The summed E-state index contributed by atoms with van der Waals surface area (Å²) in [5.74, 6) is -0.223. The minimum absolute atomic E-state index is 0.0245. The summed E-state index contributed by atoms with van der Waals surface area (Å²) in [6.07, 6.45) is 2.46. The molecule has 34 heavy (non-hydrogen) atoms. The average molecular weight is 491 g/mol. The highest BCUT2D eigenvalue weighted by Crippen LogP contribution is 2.30. The number of morpholine rings is 1. The number of fused-ring (bicyclic) bond motifs is 1. The van der Waals surface area contributed by atoms with Gasteiger partial charge in [-0.25, -0.2) is 13.4 Å². The second-order valence-electron chi connectivity index (χ2n) is 8.07. The van der Waals surface area contributed by atoms with Crippen LogP contribution in [0.1, 0.15) is 13.8 Å². The summed E-state index contributed by atoms with van der Waals surface area (Å²) in [6.45, 7) is 4.46. The zero-order valence-electron chi connectivity index (χ0n) is 19.1. The first-order valence-corrected chi connectivity index (χ1v) is 12.2. The Labute approximate surface area is 196 Å². The molecule has 2 aromatic heterocycles. The largest absolute Gasteiger partial charge is 0.489 e. The summed E-state index contributed by atoms with van der Waals surface area (Å²) >= 11 is 0. The van der Waals surface area contributed by atoms with Crippen molar-refractivity contribution in [3.8, 4) is 5.75 Å². The van der Waals surface area contributed by atoms with E-state index >= 15 is 0 Å². The maximum atomic E-state index is 13.1. The quantitative estimate of drug-likeness (QED) is 0.508. The van der Waals surface area contributed by atoms with Crippen molar-refractivity contribution in [3.63, 3.8) is 0 Å². The topological polar surface area (TPSA) is 138 Å². The number of hydrogen-bond donors (Lipinski definition) is 1. The van der Waals surface area contributed by atoms with E-state index in [1.54, 1.807) is 7.05 Å². The van der Waals surface area contributed by atoms with E-state index in [2.05, 4.69) is 15.4 Å². The van der Waals surface area contributed by atoms with E-state index in [4.69, 9.17) is 9.47 Å². The minimum Gasteiger partial charge on any atom is -0.489 e. The van der Waals surface area contributed by atoms with Crippen LogP contribution in [-0.4, -0.2) is 70.4 Å². The predicted octanol–water partition coefficient (Wildman–Crippen LogP) is 0.577. The zero-order valence-corrected chi connectivity index (χ0v) is 19.9. The molecule has 0 spiro atoms.